The third kappa shape index (κ3) is 7.68. The Morgan fingerprint density at radius 2 is 1.84 bits per heavy atom. The molecule has 2 aromatic carbocycles. The fourth-order valence-corrected chi connectivity index (χ4v) is 2.95. The average molecular weight is 459 g/mol. The number of benzene rings is 2. The SMILES string of the molecule is O=C(COc1ccc(/C=N\NC(=O)C(=O)Nc2ccc(Cl)cc2)cc1)NC[C@@H]1CCCO1. The van der Waals surface area contributed by atoms with E-state index in [4.69, 9.17) is 21.1 Å². The van der Waals surface area contributed by atoms with Crippen molar-refractivity contribution in [2.75, 3.05) is 25.1 Å². The third-order valence-electron chi connectivity index (χ3n) is 4.49. The van der Waals surface area contributed by atoms with E-state index >= 15 is 0 Å². The van der Waals surface area contributed by atoms with Gasteiger partial charge >= 0.3 is 11.8 Å². The number of carbonyl (C=O) groups excluding carboxylic acids is 3. The number of ether oxygens (including phenoxy) is 2. The molecule has 3 amide bonds. The molecule has 0 bridgehead atoms. The molecule has 1 aliphatic rings. The van der Waals surface area contributed by atoms with Crippen molar-refractivity contribution in [2.24, 2.45) is 5.10 Å². The highest BCUT2D eigenvalue weighted by Crippen LogP contribution is 2.13. The number of rotatable bonds is 8. The van der Waals surface area contributed by atoms with E-state index in [1.807, 2.05) is 0 Å². The molecule has 10 heteroatoms. The lowest BCUT2D eigenvalue weighted by atomic mass is 10.2. The Labute approximate surface area is 190 Å². The van der Waals surface area contributed by atoms with Crippen molar-refractivity contribution in [2.45, 2.75) is 18.9 Å². The Balaban J connectivity index is 1.37. The van der Waals surface area contributed by atoms with Gasteiger partial charge in [0.2, 0.25) is 0 Å². The van der Waals surface area contributed by atoms with Crippen molar-refractivity contribution in [3.8, 4) is 5.75 Å². The average Bonchev–Trinajstić information content (AvgIpc) is 3.32. The van der Waals surface area contributed by atoms with E-state index in [0.29, 0.717) is 28.6 Å². The van der Waals surface area contributed by atoms with Gasteiger partial charge in [-0.25, -0.2) is 5.43 Å². The van der Waals surface area contributed by atoms with Gasteiger partial charge in [-0.15, -0.1) is 0 Å². The van der Waals surface area contributed by atoms with Crippen LogP contribution < -0.4 is 20.8 Å². The summed E-state index contributed by atoms with van der Waals surface area (Å²) in [6, 6.07) is 13.1. The number of hydrogen-bond donors (Lipinski definition) is 3. The van der Waals surface area contributed by atoms with Gasteiger partial charge in [0.25, 0.3) is 5.91 Å². The number of anilines is 1. The van der Waals surface area contributed by atoms with Crippen LogP contribution in [0.15, 0.2) is 53.6 Å². The first-order valence-corrected chi connectivity index (χ1v) is 10.4. The summed E-state index contributed by atoms with van der Waals surface area (Å²) in [5, 5.41) is 9.50. The van der Waals surface area contributed by atoms with Crippen LogP contribution >= 0.6 is 11.6 Å². The van der Waals surface area contributed by atoms with Gasteiger partial charge in [-0.05, 0) is 66.9 Å². The highest BCUT2D eigenvalue weighted by molar-refractivity contribution is 6.39. The molecule has 1 aliphatic heterocycles. The second-order valence-electron chi connectivity index (χ2n) is 6.96. The Morgan fingerprint density at radius 1 is 1.09 bits per heavy atom. The van der Waals surface area contributed by atoms with Gasteiger partial charge in [-0.3, -0.25) is 14.4 Å². The molecule has 1 fully saturated rings. The fraction of sp³-hybridized carbons (Fsp3) is 0.273. The van der Waals surface area contributed by atoms with Crippen LogP contribution in [0.25, 0.3) is 0 Å². The van der Waals surface area contributed by atoms with E-state index in [2.05, 4.69) is 21.2 Å². The van der Waals surface area contributed by atoms with E-state index in [-0.39, 0.29) is 18.6 Å². The maximum atomic E-state index is 11.8. The minimum absolute atomic E-state index is 0.0847. The molecular weight excluding hydrogens is 436 g/mol. The zero-order chi connectivity index (χ0) is 22.8. The summed E-state index contributed by atoms with van der Waals surface area (Å²) in [6.45, 7) is 1.13. The molecule has 0 aliphatic carbocycles. The van der Waals surface area contributed by atoms with Crippen molar-refractivity contribution in [3.05, 3.63) is 59.1 Å². The van der Waals surface area contributed by atoms with E-state index in [0.717, 1.165) is 19.4 Å². The summed E-state index contributed by atoms with van der Waals surface area (Å²) in [5.41, 5.74) is 3.26. The lowest BCUT2D eigenvalue weighted by Gasteiger charge is -2.11. The molecule has 1 heterocycles. The molecule has 2 aromatic rings. The standard InChI is InChI=1S/C22H23ClN4O5/c23-16-5-7-17(8-6-16)26-21(29)22(30)27-25-12-15-3-9-18(10-4-15)32-14-20(28)24-13-19-2-1-11-31-19/h3-10,12,19H,1-2,11,13-14H2,(H,24,28)(H,26,29)(H,27,30)/b25-12-/t19-/m0/s1. The predicted molar refractivity (Wildman–Crippen MR) is 120 cm³/mol. The summed E-state index contributed by atoms with van der Waals surface area (Å²) in [4.78, 5) is 35.5. The van der Waals surface area contributed by atoms with Crippen LogP contribution in [-0.2, 0) is 19.1 Å². The quantitative estimate of drug-likeness (QED) is 0.318. The molecule has 0 unspecified atom stereocenters. The van der Waals surface area contributed by atoms with Gasteiger partial charge < -0.3 is 20.1 Å². The zero-order valence-electron chi connectivity index (χ0n) is 17.2. The van der Waals surface area contributed by atoms with Crippen LogP contribution in [0, 0.1) is 0 Å². The highest BCUT2D eigenvalue weighted by atomic mass is 35.5. The first-order chi connectivity index (χ1) is 15.5. The fourth-order valence-electron chi connectivity index (χ4n) is 2.82. The van der Waals surface area contributed by atoms with Crippen molar-refractivity contribution in [1.29, 1.82) is 0 Å². The van der Waals surface area contributed by atoms with Crippen LogP contribution in [-0.4, -0.2) is 49.8 Å². The lowest BCUT2D eigenvalue weighted by molar-refractivity contribution is -0.136. The Hall–Kier alpha value is -3.43. The van der Waals surface area contributed by atoms with Crippen molar-refractivity contribution >= 4 is 41.2 Å². The van der Waals surface area contributed by atoms with Gasteiger partial charge in [0.15, 0.2) is 6.61 Å². The number of nitrogens with zero attached hydrogens (tertiary/aromatic N) is 1. The maximum Gasteiger partial charge on any atom is 0.329 e. The van der Waals surface area contributed by atoms with E-state index in [1.165, 1.54) is 6.21 Å². The Morgan fingerprint density at radius 3 is 2.53 bits per heavy atom. The molecule has 0 aromatic heterocycles. The first kappa shape index (κ1) is 23.2. The Kier molecular flexibility index (Phi) is 8.59. The topological polar surface area (TPSA) is 118 Å². The molecule has 0 spiro atoms. The number of hydrogen-bond acceptors (Lipinski definition) is 6. The minimum Gasteiger partial charge on any atom is -0.484 e. The molecule has 1 saturated heterocycles. The van der Waals surface area contributed by atoms with Gasteiger partial charge in [-0.2, -0.15) is 5.10 Å². The van der Waals surface area contributed by atoms with Crippen LogP contribution in [0.2, 0.25) is 5.02 Å². The zero-order valence-corrected chi connectivity index (χ0v) is 17.9. The lowest BCUT2D eigenvalue weighted by Crippen LogP contribution is -2.35. The van der Waals surface area contributed by atoms with Gasteiger partial charge in [0.05, 0.1) is 12.3 Å². The van der Waals surface area contributed by atoms with E-state index in [1.54, 1.807) is 48.5 Å². The van der Waals surface area contributed by atoms with E-state index < -0.39 is 11.8 Å². The van der Waals surface area contributed by atoms with Crippen molar-refractivity contribution < 1.29 is 23.9 Å². The minimum atomic E-state index is -0.912. The number of halogens is 1. The number of amides is 3. The van der Waals surface area contributed by atoms with Gasteiger partial charge in [0, 0.05) is 23.9 Å². The van der Waals surface area contributed by atoms with Gasteiger partial charge in [0.1, 0.15) is 5.75 Å². The smallest absolute Gasteiger partial charge is 0.329 e. The molecule has 0 radical (unpaired) electrons. The molecular formula is C22H23ClN4O5. The highest BCUT2D eigenvalue weighted by Gasteiger charge is 2.16. The third-order valence-corrected chi connectivity index (χ3v) is 4.74. The van der Waals surface area contributed by atoms with Crippen LogP contribution in [0.5, 0.6) is 5.75 Å². The molecule has 9 nitrogen and oxygen atoms in total. The van der Waals surface area contributed by atoms with Crippen LogP contribution in [0.3, 0.4) is 0 Å². The second kappa shape index (κ2) is 11.8. The monoisotopic (exact) mass is 458 g/mol. The summed E-state index contributed by atoms with van der Waals surface area (Å²) < 4.78 is 10.9. The summed E-state index contributed by atoms with van der Waals surface area (Å²) >= 11 is 5.77. The number of hydrazone groups is 1. The maximum absolute atomic E-state index is 11.8. The molecule has 0 saturated carbocycles. The predicted octanol–water partition coefficient (Wildman–Crippen LogP) is 2.10. The van der Waals surface area contributed by atoms with Crippen LogP contribution in [0.1, 0.15) is 18.4 Å². The molecule has 168 valence electrons. The number of carbonyl (C=O) groups is 3. The molecule has 1 atom stereocenters. The molecule has 3 N–H and O–H groups in total. The van der Waals surface area contributed by atoms with Crippen LogP contribution in [0.4, 0.5) is 5.69 Å². The molecule has 3 rings (SSSR count). The molecule has 32 heavy (non-hydrogen) atoms. The normalized spacial score (nSPS) is 15.3. The van der Waals surface area contributed by atoms with Crippen molar-refractivity contribution in [1.82, 2.24) is 10.7 Å². The number of nitrogens with one attached hydrogen (secondary N) is 3. The largest absolute Gasteiger partial charge is 0.484 e. The van der Waals surface area contributed by atoms with Crippen molar-refractivity contribution in [3.63, 3.8) is 0 Å². The summed E-state index contributed by atoms with van der Waals surface area (Å²) in [6.07, 6.45) is 3.44. The van der Waals surface area contributed by atoms with E-state index in [9.17, 15) is 14.4 Å². The summed E-state index contributed by atoms with van der Waals surface area (Å²) in [7, 11) is 0. The summed E-state index contributed by atoms with van der Waals surface area (Å²) in [5.74, 6) is -1.47. The first-order valence-electron chi connectivity index (χ1n) is 10.0. The Bertz CT molecular complexity index is 957. The second-order valence-corrected chi connectivity index (χ2v) is 7.39. The van der Waals surface area contributed by atoms with Gasteiger partial charge in [-0.1, -0.05) is 11.6 Å².